The molecule has 0 aromatic heterocycles. The third-order valence-corrected chi connectivity index (χ3v) is 2.31. The van der Waals surface area contributed by atoms with Crippen LogP contribution in [0.15, 0.2) is 24.3 Å². The van der Waals surface area contributed by atoms with Crippen molar-refractivity contribution in [1.29, 1.82) is 0 Å². The molecule has 4 heteroatoms. The molecule has 1 aromatic carbocycles. The summed E-state index contributed by atoms with van der Waals surface area (Å²) in [4.78, 5) is 0. The summed E-state index contributed by atoms with van der Waals surface area (Å²) in [5.74, 6) is 12.5. The summed E-state index contributed by atoms with van der Waals surface area (Å²) in [5.41, 5.74) is 0.735. The zero-order valence-electron chi connectivity index (χ0n) is 11.7. The molecular weight excluding hydrogens is 256 g/mol. The summed E-state index contributed by atoms with van der Waals surface area (Å²) >= 11 is 0. The summed E-state index contributed by atoms with van der Waals surface area (Å²) in [7, 11) is 4.66. The Balaban J connectivity index is 3.02. The number of hydrogen-bond donors (Lipinski definition) is 1. The molecule has 0 aliphatic rings. The van der Waals surface area contributed by atoms with E-state index < -0.39 is 0 Å². The molecule has 0 fully saturated rings. The van der Waals surface area contributed by atoms with Gasteiger partial charge in [-0.25, -0.2) is 0 Å². The van der Waals surface area contributed by atoms with Crippen LogP contribution in [0.25, 0.3) is 0 Å². The van der Waals surface area contributed by atoms with E-state index in [1.54, 1.807) is 45.6 Å². The molecule has 20 heavy (non-hydrogen) atoms. The van der Waals surface area contributed by atoms with Gasteiger partial charge in [0.25, 0.3) is 0 Å². The van der Waals surface area contributed by atoms with Gasteiger partial charge in [-0.2, -0.15) is 0 Å². The van der Waals surface area contributed by atoms with Crippen molar-refractivity contribution < 1.29 is 19.3 Å². The first-order valence-corrected chi connectivity index (χ1v) is 5.82. The van der Waals surface area contributed by atoms with Gasteiger partial charge < -0.3 is 19.3 Å². The fraction of sp³-hybridized carbons (Fsp3) is 0.250. The summed E-state index contributed by atoms with van der Waals surface area (Å²) in [6, 6.07) is 3.53. The first-order chi connectivity index (χ1) is 9.76. The maximum atomic E-state index is 8.48. The van der Waals surface area contributed by atoms with Crippen LogP contribution in [0.4, 0.5) is 0 Å². The van der Waals surface area contributed by atoms with Crippen LogP contribution in [-0.2, 0) is 0 Å². The Kier molecular flexibility index (Phi) is 6.61. The van der Waals surface area contributed by atoms with Crippen LogP contribution in [0.3, 0.4) is 0 Å². The average molecular weight is 272 g/mol. The van der Waals surface area contributed by atoms with Crippen LogP contribution >= 0.6 is 0 Å². The van der Waals surface area contributed by atoms with Crippen molar-refractivity contribution in [1.82, 2.24) is 0 Å². The SMILES string of the molecule is COc1cc(C#C/C=C/C#CCO)cc(OC)c1OC. The normalized spacial score (nSPS) is 9.20. The lowest BCUT2D eigenvalue weighted by atomic mass is 10.2. The van der Waals surface area contributed by atoms with Crippen LogP contribution in [0.5, 0.6) is 17.2 Å². The molecule has 0 amide bonds. The van der Waals surface area contributed by atoms with Gasteiger partial charge in [-0.3, -0.25) is 0 Å². The highest BCUT2D eigenvalue weighted by Gasteiger charge is 2.11. The second-order valence-electron chi connectivity index (χ2n) is 3.50. The van der Waals surface area contributed by atoms with E-state index in [0.29, 0.717) is 17.2 Å². The fourth-order valence-electron chi connectivity index (χ4n) is 1.47. The van der Waals surface area contributed by atoms with Gasteiger partial charge in [-0.15, -0.1) is 0 Å². The zero-order valence-corrected chi connectivity index (χ0v) is 11.7. The maximum Gasteiger partial charge on any atom is 0.203 e. The lowest BCUT2D eigenvalue weighted by Crippen LogP contribution is -1.95. The zero-order chi connectivity index (χ0) is 14.8. The monoisotopic (exact) mass is 272 g/mol. The van der Waals surface area contributed by atoms with Crippen molar-refractivity contribution in [2.24, 2.45) is 0 Å². The lowest BCUT2D eigenvalue weighted by Gasteiger charge is -2.12. The molecule has 0 spiro atoms. The summed E-state index contributed by atoms with van der Waals surface area (Å²) < 4.78 is 15.7. The number of aliphatic hydroxyl groups is 1. The molecule has 1 aromatic rings. The molecular formula is C16H16O4. The third-order valence-electron chi connectivity index (χ3n) is 2.31. The molecule has 4 nitrogen and oxygen atoms in total. The van der Waals surface area contributed by atoms with Gasteiger partial charge in [0, 0.05) is 5.56 Å². The smallest absolute Gasteiger partial charge is 0.203 e. The molecule has 0 unspecified atom stereocenters. The van der Waals surface area contributed by atoms with Crippen LogP contribution in [0.2, 0.25) is 0 Å². The van der Waals surface area contributed by atoms with Crippen LogP contribution in [0, 0.1) is 23.7 Å². The predicted molar refractivity (Wildman–Crippen MR) is 77.0 cm³/mol. The molecule has 0 saturated carbocycles. The van der Waals surface area contributed by atoms with Gasteiger partial charge in [0.05, 0.1) is 21.3 Å². The van der Waals surface area contributed by atoms with Crippen LogP contribution in [-0.4, -0.2) is 33.0 Å². The molecule has 1 rings (SSSR count). The molecule has 0 atom stereocenters. The Hall–Kier alpha value is -2.56. The predicted octanol–water partition coefficient (Wildman–Crippen LogP) is 1.62. The molecule has 0 bridgehead atoms. The average Bonchev–Trinajstić information content (AvgIpc) is 2.49. The van der Waals surface area contributed by atoms with E-state index in [-0.39, 0.29) is 6.61 Å². The third kappa shape index (κ3) is 4.28. The minimum absolute atomic E-state index is 0.162. The maximum absolute atomic E-state index is 8.48. The Morgan fingerprint density at radius 1 is 1.00 bits per heavy atom. The first-order valence-electron chi connectivity index (χ1n) is 5.82. The Labute approximate surface area is 119 Å². The molecule has 0 saturated heterocycles. The second-order valence-corrected chi connectivity index (χ2v) is 3.50. The van der Waals surface area contributed by atoms with E-state index in [0.717, 1.165) is 5.56 Å². The number of hydrogen-bond acceptors (Lipinski definition) is 4. The number of aliphatic hydroxyl groups excluding tert-OH is 1. The highest BCUT2D eigenvalue weighted by Crippen LogP contribution is 2.37. The van der Waals surface area contributed by atoms with E-state index in [1.807, 2.05) is 0 Å². The number of ether oxygens (including phenoxy) is 3. The van der Waals surface area contributed by atoms with E-state index >= 15 is 0 Å². The van der Waals surface area contributed by atoms with Crippen LogP contribution < -0.4 is 14.2 Å². The standard InChI is InChI=1S/C16H16O4/c1-18-14-11-13(9-7-5-4-6-8-10-17)12-15(19-2)16(14)20-3/h4-5,11-12,17H,10H2,1-3H3/b5-4+. The van der Waals surface area contributed by atoms with Crippen molar-refractivity contribution in [3.05, 3.63) is 29.8 Å². The molecule has 0 aliphatic carbocycles. The minimum atomic E-state index is -0.162. The highest BCUT2D eigenvalue weighted by molar-refractivity contribution is 5.57. The van der Waals surface area contributed by atoms with E-state index in [4.69, 9.17) is 19.3 Å². The topological polar surface area (TPSA) is 47.9 Å². The quantitative estimate of drug-likeness (QED) is 0.849. The Morgan fingerprint density at radius 3 is 2.10 bits per heavy atom. The van der Waals surface area contributed by atoms with Gasteiger partial charge in [0.2, 0.25) is 5.75 Å². The van der Waals surface area contributed by atoms with Gasteiger partial charge in [0.1, 0.15) is 6.61 Å². The van der Waals surface area contributed by atoms with Gasteiger partial charge in [0.15, 0.2) is 11.5 Å². The van der Waals surface area contributed by atoms with E-state index in [2.05, 4.69) is 23.7 Å². The molecule has 104 valence electrons. The number of benzene rings is 1. The van der Waals surface area contributed by atoms with E-state index in [9.17, 15) is 0 Å². The Morgan fingerprint density at radius 2 is 1.60 bits per heavy atom. The number of methoxy groups -OCH3 is 3. The highest BCUT2D eigenvalue weighted by atomic mass is 16.5. The van der Waals surface area contributed by atoms with Crippen molar-refractivity contribution in [2.75, 3.05) is 27.9 Å². The summed E-state index contributed by atoms with van der Waals surface area (Å²) in [5, 5.41) is 8.48. The number of rotatable bonds is 3. The fourth-order valence-corrected chi connectivity index (χ4v) is 1.47. The van der Waals surface area contributed by atoms with Gasteiger partial charge >= 0.3 is 0 Å². The largest absolute Gasteiger partial charge is 0.493 e. The van der Waals surface area contributed by atoms with Gasteiger partial charge in [-0.1, -0.05) is 23.7 Å². The molecule has 1 N–H and O–H groups in total. The first kappa shape index (κ1) is 15.5. The molecule has 0 radical (unpaired) electrons. The van der Waals surface area contributed by atoms with Crippen molar-refractivity contribution >= 4 is 0 Å². The lowest BCUT2D eigenvalue weighted by molar-refractivity contribution is 0.324. The van der Waals surface area contributed by atoms with Crippen molar-refractivity contribution in [2.45, 2.75) is 0 Å². The molecule has 0 heterocycles. The summed E-state index contributed by atoms with van der Waals surface area (Å²) in [6.45, 7) is -0.162. The van der Waals surface area contributed by atoms with Crippen molar-refractivity contribution in [3.8, 4) is 40.9 Å². The molecule has 0 aliphatic heterocycles. The van der Waals surface area contributed by atoms with E-state index in [1.165, 1.54) is 0 Å². The van der Waals surface area contributed by atoms with Crippen molar-refractivity contribution in [3.63, 3.8) is 0 Å². The number of allylic oxidation sites excluding steroid dienone is 2. The van der Waals surface area contributed by atoms with Crippen LogP contribution in [0.1, 0.15) is 5.56 Å². The minimum Gasteiger partial charge on any atom is -0.493 e. The second kappa shape index (κ2) is 8.53. The summed E-state index contributed by atoms with van der Waals surface area (Å²) in [6.07, 6.45) is 3.17. The Bertz CT molecular complexity index is 569. The van der Waals surface area contributed by atoms with Gasteiger partial charge in [-0.05, 0) is 24.3 Å².